The number of hydrogen-bond donors (Lipinski definition) is 2. The van der Waals surface area contributed by atoms with E-state index in [2.05, 4.69) is 51.7 Å². The Balaban J connectivity index is 0.000000484. The molecular weight excluding hydrogens is 390 g/mol. The number of aromatic hydroxyl groups is 1. The second kappa shape index (κ2) is 15.9. The van der Waals surface area contributed by atoms with E-state index in [-0.39, 0.29) is 0 Å². The Labute approximate surface area is 187 Å². The Morgan fingerprint density at radius 2 is 1.61 bits per heavy atom. The van der Waals surface area contributed by atoms with Crippen molar-refractivity contribution in [1.82, 2.24) is 4.90 Å². The fraction of sp³-hybridized carbons (Fsp3) is 0.385. The van der Waals surface area contributed by atoms with Crippen LogP contribution >= 0.6 is 0 Å². The van der Waals surface area contributed by atoms with Crippen LogP contribution in [0.4, 0.5) is 0 Å². The summed E-state index contributed by atoms with van der Waals surface area (Å²) in [5.74, 6) is -0.725. The minimum atomic E-state index is -1.10. The standard InChI is InChI=1S/C14H14O.C8H19N.C4H4O3/c1-11-7-8-14(15)13(9-11)10-12-5-3-2-4-6-12;1-6-9(7(2)3)8(4)5;5-3-1-2-4(6)7/h2-9,15H,10H2,1H3;7-8H,6H2,1-5H3;1-3H,(H,6,7)/b;;2-1+. The fourth-order valence-corrected chi connectivity index (χ4v) is 3.12. The maximum Gasteiger partial charge on any atom is 0.328 e. The number of rotatable bonds is 7. The molecule has 31 heavy (non-hydrogen) atoms. The highest BCUT2D eigenvalue weighted by molar-refractivity contribution is 5.84. The van der Waals surface area contributed by atoms with Crippen LogP contribution in [0.3, 0.4) is 0 Å². The molecule has 2 rings (SSSR count). The van der Waals surface area contributed by atoms with Gasteiger partial charge < -0.3 is 10.2 Å². The summed E-state index contributed by atoms with van der Waals surface area (Å²) in [5.41, 5.74) is 3.39. The van der Waals surface area contributed by atoms with Crippen LogP contribution in [0.2, 0.25) is 0 Å². The SMILES string of the molecule is CCN(C(C)C)C(C)C.Cc1ccc(O)c(Cc2ccccc2)c1.O=C/C=C/C(=O)O. The largest absolute Gasteiger partial charge is 0.508 e. The summed E-state index contributed by atoms with van der Waals surface area (Å²) in [5, 5.41) is 17.5. The molecule has 2 N–H and O–H groups in total. The van der Waals surface area contributed by atoms with E-state index in [0.29, 0.717) is 24.1 Å². The van der Waals surface area contributed by atoms with Crippen molar-refractivity contribution in [2.45, 2.75) is 60.0 Å². The number of aryl methyl sites for hydroxylation is 1. The van der Waals surface area contributed by atoms with Crippen molar-refractivity contribution in [3.8, 4) is 5.75 Å². The predicted molar refractivity (Wildman–Crippen MR) is 128 cm³/mol. The molecule has 5 nitrogen and oxygen atoms in total. The van der Waals surface area contributed by atoms with Crippen molar-refractivity contribution in [2.24, 2.45) is 0 Å². The molecule has 0 aliphatic rings. The van der Waals surface area contributed by atoms with E-state index in [9.17, 15) is 14.7 Å². The number of carboxylic acid groups (broad SMARTS) is 1. The summed E-state index contributed by atoms with van der Waals surface area (Å²) in [7, 11) is 0. The number of aldehydes is 1. The first-order valence-electron chi connectivity index (χ1n) is 10.5. The monoisotopic (exact) mass is 427 g/mol. The van der Waals surface area contributed by atoms with Crippen LogP contribution in [0.25, 0.3) is 0 Å². The van der Waals surface area contributed by atoms with Crippen LogP contribution in [0.15, 0.2) is 60.7 Å². The number of carbonyl (C=O) groups excluding carboxylic acids is 1. The van der Waals surface area contributed by atoms with Gasteiger partial charge >= 0.3 is 5.97 Å². The zero-order valence-corrected chi connectivity index (χ0v) is 19.6. The zero-order valence-electron chi connectivity index (χ0n) is 19.6. The van der Waals surface area contributed by atoms with E-state index in [4.69, 9.17) is 5.11 Å². The van der Waals surface area contributed by atoms with E-state index in [1.165, 1.54) is 11.1 Å². The van der Waals surface area contributed by atoms with Crippen molar-refractivity contribution in [3.63, 3.8) is 0 Å². The van der Waals surface area contributed by atoms with E-state index in [1.807, 2.05) is 37.3 Å². The molecule has 0 saturated carbocycles. The highest BCUT2D eigenvalue weighted by atomic mass is 16.4. The summed E-state index contributed by atoms with van der Waals surface area (Å²) < 4.78 is 0. The number of aliphatic carboxylic acids is 1. The third-order valence-corrected chi connectivity index (χ3v) is 4.48. The molecule has 170 valence electrons. The first-order valence-corrected chi connectivity index (χ1v) is 10.5. The van der Waals surface area contributed by atoms with Crippen molar-refractivity contribution < 1.29 is 19.8 Å². The molecule has 2 aromatic carbocycles. The number of hydrogen-bond acceptors (Lipinski definition) is 4. The number of nitrogens with zero attached hydrogens (tertiary/aromatic N) is 1. The fourth-order valence-electron chi connectivity index (χ4n) is 3.12. The Kier molecular flexibility index (Phi) is 14.4. The zero-order chi connectivity index (χ0) is 23.8. The number of carbonyl (C=O) groups is 2. The number of phenolic OH excluding ortho intramolecular Hbond substituents is 1. The molecule has 2 aromatic rings. The summed E-state index contributed by atoms with van der Waals surface area (Å²) in [6.45, 7) is 14.4. The van der Waals surface area contributed by atoms with E-state index in [1.54, 1.807) is 6.07 Å². The minimum absolute atomic E-state index is 0.379. The molecule has 0 radical (unpaired) electrons. The quantitative estimate of drug-likeness (QED) is 0.466. The van der Waals surface area contributed by atoms with Gasteiger partial charge in [0.05, 0.1) is 0 Å². The molecule has 0 aromatic heterocycles. The van der Waals surface area contributed by atoms with Gasteiger partial charge in [0, 0.05) is 24.6 Å². The van der Waals surface area contributed by atoms with Crippen molar-refractivity contribution in [1.29, 1.82) is 0 Å². The third-order valence-electron chi connectivity index (χ3n) is 4.48. The molecule has 0 aliphatic heterocycles. The van der Waals surface area contributed by atoms with Crippen LogP contribution in [-0.4, -0.2) is 46.0 Å². The van der Waals surface area contributed by atoms with Crippen molar-refractivity contribution in [3.05, 3.63) is 77.4 Å². The summed E-state index contributed by atoms with van der Waals surface area (Å²) in [6.07, 6.45) is 2.89. The number of carboxylic acids is 1. The van der Waals surface area contributed by atoms with Gasteiger partial charge in [-0.2, -0.15) is 0 Å². The Morgan fingerprint density at radius 3 is 2.00 bits per heavy atom. The molecule has 0 bridgehead atoms. The molecule has 0 spiro atoms. The molecule has 0 aliphatic carbocycles. The molecule has 5 heteroatoms. The summed E-state index contributed by atoms with van der Waals surface area (Å²) >= 11 is 0. The second-order valence-corrected chi connectivity index (χ2v) is 7.65. The van der Waals surface area contributed by atoms with Crippen LogP contribution in [0, 0.1) is 6.92 Å². The van der Waals surface area contributed by atoms with Gasteiger partial charge in [-0.25, -0.2) is 4.79 Å². The lowest BCUT2D eigenvalue weighted by atomic mass is 10.0. The van der Waals surface area contributed by atoms with Gasteiger partial charge in [0.25, 0.3) is 0 Å². The van der Waals surface area contributed by atoms with Crippen LogP contribution in [0.5, 0.6) is 5.75 Å². The maximum atomic E-state index is 9.70. The van der Waals surface area contributed by atoms with Crippen LogP contribution in [-0.2, 0) is 16.0 Å². The van der Waals surface area contributed by atoms with Gasteiger partial charge in [-0.15, -0.1) is 0 Å². The van der Waals surface area contributed by atoms with E-state index >= 15 is 0 Å². The highest BCUT2D eigenvalue weighted by Gasteiger charge is 2.09. The van der Waals surface area contributed by atoms with Gasteiger partial charge in [-0.05, 0) is 64.4 Å². The van der Waals surface area contributed by atoms with Crippen molar-refractivity contribution in [2.75, 3.05) is 6.54 Å². The Bertz CT molecular complexity index is 790. The van der Waals surface area contributed by atoms with Gasteiger partial charge in [0.15, 0.2) is 0 Å². The average molecular weight is 428 g/mol. The average Bonchev–Trinajstić information content (AvgIpc) is 2.71. The third kappa shape index (κ3) is 13.1. The number of phenols is 1. The van der Waals surface area contributed by atoms with Gasteiger partial charge in [-0.1, -0.05) is 55.0 Å². The lowest BCUT2D eigenvalue weighted by Gasteiger charge is -2.28. The molecule has 0 atom stereocenters. The van der Waals surface area contributed by atoms with Crippen molar-refractivity contribution >= 4 is 12.3 Å². The predicted octanol–water partition coefficient (Wildman–Crippen LogP) is 5.24. The first kappa shape index (κ1) is 28.1. The highest BCUT2D eigenvalue weighted by Crippen LogP contribution is 2.21. The van der Waals surface area contributed by atoms with Gasteiger partial charge in [-0.3, -0.25) is 9.69 Å². The number of benzene rings is 2. The number of allylic oxidation sites excluding steroid dienone is 1. The van der Waals surface area contributed by atoms with Gasteiger partial charge in [0.2, 0.25) is 0 Å². The lowest BCUT2D eigenvalue weighted by Crippen LogP contribution is -2.36. The van der Waals surface area contributed by atoms with Crippen LogP contribution < -0.4 is 0 Å². The molecule has 0 amide bonds. The Hall–Kier alpha value is -2.92. The summed E-state index contributed by atoms with van der Waals surface area (Å²) in [6, 6.07) is 17.3. The second-order valence-electron chi connectivity index (χ2n) is 7.65. The van der Waals surface area contributed by atoms with Gasteiger partial charge in [0.1, 0.15) is 12.0 Å². The van der Waals surface area contributed by atoms with Crippen LogP contribution in [0.1, 0.15) is 51.3 Å². The van der Waals surface area contributed by atoms with E-state index in [0.717, 1.165) is 30.7 Å². The Morgan fingerprint density at radius 1 is 1.03 bits per heavy atom. The smallest absolute Gasteiger partial charge is 0.328 e. The molecule has 0 heterocycles. The minimum Gasteiger partial charge on any atom is -0.508 e. The summed E-state index contributed by atoms with van der Waals surface area (Å²) in [4.78, 5) is 21.3. The lowest BCUT2D eigenvalue weighted by molar-refractivity contribution is -0.131. The first-order chi connectivity index (χ1) is 14.6. The molecule has 0 saturated heterocycles. The molecular formula is C26H37NO4. The van der Waals surface area contributed by atoms with E-state index < -0.39 is 5.97 Å². The maximum absolute atomic E-state index is 9.70. The molecule has 0 unspecified atom stereocenters. The molecule has 0 fully saturated rings. The normalized spacial score (nSPS) is 10.5. The topological polar surface area (TPSA) is 77.8 Å².